The topological polar surface area (TPSA) is 136 Å². The minimum absolute atomic E-state index is 0.00230. The largest absolute Gasteiger partial charge is 0.271 e. The predicted molar refractivity (Wildman–Crippen MR) is 103 cm³/mol. The van der Waals surface area contributed by atoms with E-state index in [-0.39, 0.29) is 41.7 Å². The molecule has 0 saturated carbocycles. The van der Waals surface area contributed by atoms with Gasteiger partial charge in [-0.2, -0.15) is 13.7 Å². The maximum Gasteiger partial charge on any atom is 0.269 e. The van der Waals surface area contributed by atoms with Crippen LogP contribution >= 0.6 is 0 Å². The Balaban J connectivity index is 1.78. The summed E-state index contributed by atoms with van der Waals surface area (Å²) in [4.78, 5) is 10.2. The molecule has 0 aliphatic carbocycles. The molecule has 2 aromatic rings. The van der Waals surface area contributed by atoms with Crippen molar-refractivity contribution in [2.75, 3.05) is 26.2 Å². The zero-order valence-corrected chi connectivity index (χ0v) is 17.8. The molecule has 2 heterocycles. The standard InChI is InChI=1S/C16H21N5O6S2/c1-12-16(13(2)18(3)17-12)29(26,27)20-10-8-19(9-11-20)28(24,25)15-6-4-14(5-7-15)21(22)23/h4-7H,8-11H2,1-3H3. The van der Waals surface area contributed by atoms with E-state index in [1.165, 1.54) is 25.4 Å². The van der Waals surface area contributed by atoms with Crippen molar-refractivity contribution < 1.29 is 21.8 Å². The number of nitrogens with zero attached hydrogens (tertiary/aromatic N) is 5. The van der Waals surface area contributed by atoms with Crippen LogP contribution in [-0.2, 0) is 27.1 Å². The molecular formula is C16H21N5O6S2. The summed E-state index contributed by atoms with van der Waals surface area (Å²) in [5.74, 6) is 0. The fraction of sp³-hybridized carbons (Fsp3) is 0.438. The van der Waals surface area contributed by atoms with Crippen LogP contribution in [0.3, 0.4) is 0 Å². The molecule has 1 saturated heterocycles. The number of sulfonamides is 2. The highest BCUT2D eigenvalue weighted by Crippen LogP contribution is 2.26. The summed E-state index contributed by atoms with van der Waals surface area (Å²) in [5, 5.41) is 14.9. The van der Waals surface area contributed by atoms with Gasteiger partial charge in [0.2, 0.25) is 20.0 Å². The average molecular weight is 444 g/mol. The normalized spacial score (nSPS) is 16.8. The summed E-state index contributed by atoms with van der Waals surface area (Å²) in [6.45, 7) is 3.26. The molecule has 0 N–H and O–H groups in total. The molecule has 13 heteroatoms. The average Bonchev–Trinajstić information content (AvgIpc) is 2.94. The third-order valence-corrected chi connectivity index (χ3v) is 8.99. The van der Waals surface area contributed by atoms with Crippen LogP contribution in [0, 0.1) is 24.0 Å². The van der Waals surface area contributed by atoms with Crippen molar-refractivity contribution in [2.24, 2.45) is 7.05 Å². The molecule has 0 unspecified atom stereocenters. The van der Waals surface area contributed by atoms with Gasteiger partial charge in [-0.3, -0.25) is 14.8 Å². The van der Waals surface area contributed by atoms with Gasteiger partial charge in [-0.1, -0.05) is 0 Å². The number of nitro benzene ring substituents is 1. The van der Waals surface area contributed by atoms with E-state index < -0.39 is 25.0 Å². The van der Waals surface area contributed by atoms with E-state index in [1.807, 2.05) is 0 Å². The smallest absolute Gasteiger partial charge is 0.269 e. The minimum Gasteiger partial charge on any atom is -0.271 e. The van der Waals surface area contributed by atoms with E-state index in [9.17, 15) is 26.9 Å². The lowest BCUT2D eigenvalue weighted by atomic mass is 10.3. The third kappa shape index (κ3) is 3.77. The Bertz CT molecular complexity index is 1150. The number of rotatable bonds is 5. The third-order valence-electron chi connectivity index (χ3n) is 4.92. The first-order valence-electron chi connectivity index (χ1n) is 8.71. The van der Waals surface area contributed by atoms with Crippen molar-refractivity contribution in [1.82, 2.24) is 18.4 Å². The van der Waals surface area contributed by atoms with Crippen molar-refractivity contribution in [3.8, 4) is 0 Å². The van der Waals surface area contributed by atoms with Gasteiger partial charge >= 0.3 is 0 Å². The predicted octanol–water partition coefficient (Wildman–Crippen LogP) is 0.640. The lowest BCUT2D eigenvalue weighted by Crippen LogP contribution is -2.50. The fourth-order valence-electron chi connectivity index (χ4n) is 3.30. The highest BCUT2D eigenvalue weighted by Gasteiger charge is 2.36. The number of non-ortho nitro benzene ring substituents is 1. The Morgan fingerprint density at radius 2 is 1.41 bits per heavy atom. The summed E-state index contributed by atoms with van der Waals surface area (Å²) < 4.78 is 55.5. The second-order valence-corrected chi connectivity index (χ2v) is 10.5. The summed E-state index contributed by atoms with van der Waals surface area (Å²) in [6.07, 6.45) is 0. The van der Waals surface area contributed by atoms with Gasteiger partial charge in [0.1, 0.15) is 4.90 Å². The van der Waals surface area contributed by atoms with Gasteiger partial charge in [0, 0.05) is 45.4 Å². The van der Waals surface area contributed by atoms with E-state index in [2.05, 4.69) is 5.10 Å². The molecule has 0 spiro atoms. The van der Waals surface area contributed by atoms with E-state index >= 15 is 0 Å². The van der Waals surface area contributed by atoms with E-state index in [0.717, 1.165) is 12.1 Å². The highest BCUT2D eigenvalue weighted by molar-refractivity contribution is 7.89. The molecule has 29 heavy (non-hydrogen) atoms. The van der Waals surface area contributed by atoms with Crippen molar-refractivity contribution in [3.05, 3.63) is 45.8 Å². The molecule has 1 aliphatic heterocycles. The van der Waals surface area contributed by atoms with Crippen LogP contribution in [0.25, 0.3) is 0 Å². The molecule has 3 rings (SSSR count). The molecule has 1 fully saturated rings. The maximum absolute atomic E-state index is 13.0. The monoisotopic (exact) mass is 443 g/mol. The molecule has 0 atom stereocenters. The van der Waals surface area contributed by atoms with Gasteiger partial charge in [0.15, 0.2) is 0 Å². The first kappa shape index (κ1) is 21.4. The number of nitro groups is 1. The zero-order valence-electron chi connectivity index (χ0n) is 16.1. The molecule has 1 aromatic carbocycles. The zero-order chi connectivity index (χ0) is 21.6. The Labute approximate surface area is 168 Å². The maximum atomic E-state index is 13.0. The van der Waals surface area contributed by atoms with Gasteiger partial charge in [0.05, 0.1) is 21.2 Å². The summed E-state index contributed by atoms with van der Waals surface area (Å²) >= 11 is 0. The molecule has 11 nitrogen and oxygen atoms in total. The minimum atomic E-state index is -3.88. The van der Waals surface area contributed by atoms with E-state index in [4.69, 9.17) is 0 Å². The van der Waals surface area contributed by atoms with Crippen LogP contribution in [0.15, 0.2) is 34.1 Å². The fourth-order valence-corrected chi connectivity index (χ4v) is 6.54. The van der Waals surface area contributed by atoms with E-state index in [0.29, 0.717) is 11.4 Å². The number of hydrogen-bond acceptors (Lipinski definition) is 7. The molecular weight excluding hydrogens is 422 g/mol. The quantitative estimate of drug-likeness (QED) is 0.489. The van der Waals surface area contributed by atoms with Crippen LogP contribution in [0.2, 0.25) is 0 Å². The Morgan fingerprint density at radius 1 is 0.931 bits per heavy atom. The Kier molecular flexibility index (Phi) is 5.51. The second kappa shape index (κ2) is 7.48. The number of piperazine rings is 1. The Morgan fingerprint density at radius 3 is 1.83 bits per heavy atom. The van der Waals surface area contributed by atoms with Crippen LogP contribution in [-0.4, -0.2) is 66.3 Å². The lowest BCUT2D eigenvalue weighted by Gasteiger charge is -2.33. The molecule has 1 aliphatic rings. The molecule has 1 aromatic heterocycles. The van der Waals surface area contributed by atoms with Crippen molar-refractivity contribution in [1.29, 1.82) is 0 Å². The van der Waals surface area contributed by atoms with Crippen LogP contribution < -0.4 is 0 Å². The molecule has 0 bridgehead atoms. The van der Waals surface area contributed by atoms with Crippen molar-refractivity contribution >= 4 is 25.7 Å². The van der Waals surface area contributed by atoms with E-state index in [1.54, 1.807) is 20.9 Å². The second-order valence-electron chi connectivity index (χ2n) is 6.68. The van der Waals surface area contributed by atoms with Crippen molar-refractivity contribution in [3.63, 3.8) is 0 Å². The van der Waals surface area contributed by atoms with Gasteiger partial charge in [-0.15, -0.1) is 0 Å². The van der Waals surface area contributed by atoms with Gasteiger partial charge in [-0.25, -0.2) is 16.8 Å². The summed E-state index contributed by atoms with van der Waals surface area (Å²) in [6, 6.07) is 4.61. The van der Waals surface area contributed by atoms with Crippen LogP contribution in [0.5, 0.6) is 0 Å². The number of benzene rings is 1. The van der Waals surface area contributed by atoms with Crippen LogP contribution in [0.4, 0.5) is 5.69 Å². The molecule has 158 valence electrons. The lowest BCUT2D eigenvalue weighted by molar-refractivity contribution is -0.384. The summed E-state index contributed by atoms with van der Waals surface area (Å²) in [7, 11) is -6.01. The van der Waals surface area contributed by atoms with Gasteiger partial charge in [0.25, 0.3) is 5.69 Å². The number of hydrogen-bond donors (Lipinski definition) is 0. The first-order chi connectivity index (χ1) is 13.5. The molecule has 0 amide bonds. The highest BCUT2D eigenvalue weighted by atomic mass is 32.2. The van der Waals surface area contributed by atoms with Gasteiger partial charge < -0.3 is 0 Å². The van der Waals surface area contributed by atoms with Gasteiger partial charge in [-0.05, 0) is 26.0 Å². The first-order valence-corrected chi connectivity index (χ1v) is 11.6. The summed E-state index contributed by atoms with van der Waals surface area (Å²) in [5.41, 5.74) is 0.705. The Hall–Kier alpha value is -2.35. The number of aryl methyl sites for hydroxylation is 2. The number of aromatic nitrogens is 2. The molecule has 0 radical (unpaired) electrons. The SMILES string of the molecule is Cc1nn(C)c(C)c1S(=O)(=O)N1CCN(S(=O)(=O)c2ccc([N+](=O)[O-])cc2)CC1. The van der Waals surface area contributed by atoms with Crippen molar-refractivity contribution in [2.45, 2.75) is 23.6 Å². The van der Waals surface area contributed by atoms with Crippen LogP contribution in [0.1, 0.15) is 11.4 Å².